The van der Waals surface area contributed by atoms with Gasteiger partial charge in [-0.3, -0.25) is 4.79 Å². The average Bonchev–Trinajstić information content (AvgIpc) is 2.71. The zero-order valence-electron chi connectivity index (χ0n) is 10.3. The van der Waals surface area contributed by atoms with Crippen LogP contribution >= 0.6 is 0 Å². The van der Waals surface area contributed by atoms with E-state index in [1.54, 1.807) is 0 Å². The Labute approximate surface area is 115 Å². The number of carboxylic acids is 1. The van der Waals surface area contributed by atoms with Gasteiger partial charge >= 0.3 is 5.97 Å². The smallest absolute Gasteiger partial charge is 0.335 e. The fourth-order valence-electron chi connectivity index (χ4n) is 2.06. The molecule has 0 aliphatic carbocycles. The van der Waals surface area contributed by atoms with E-state index in [0.717, 1.165) is 0 Å². The minimum Gasteiger partial charge on any atom is -0.478 e. The molecule has 5 N–H and O–H groups in total. The number of nitrogen functional groups attached to an aromatic ring is 1. The predicted molar refractivity (Wildman–Crippen MR) is 71.7 cm³/mol. The second-order valence-corrected chi connectivity index (χ2v) is 6.34. The normalized spacial score (nSPS) is 19.4. The van der Waals surface area contributed by atoms with Crippen molar-refractivity contribution in [1.29, 1.82) is 0 Å². The van der Waals surface area contributed by atoms with Crippen molar-refractivity contribution < 1.29 is 23.1 Å². The largest absolute Gasteiger partial charge is 0.478 e. The molecule has 1 fully saturated rings. The molecule has 0 saturated carbocycles. The fourth-order valence-corrected chi connectivity index (χ4v) is 2.79. The van der Waals surface area contributed by atoms with Crippen LogP contribution in [0.2, 0.25) is 0 Å². The molecular weight excluding hydrogens is 286 g/mol. The third-order valence-electron chi connectivity index (χ3n) is 3.12. The lowest BCUT2D eigenvalue weighted by Crippen LogP contribution is -2.32. The van der Waals surface area contributed by atoms with Crippen LogP contribution in [-0.4, -0.2) is 37.2 Å². The summed E-state index contributed by atoms with van der Waals surface area (Å²) in [5.74, 6) is -1.56. The van der Waals surface area contributed by atoms with Gasteiger partial charge in [0.1, 0.15) is 5.25 Å². The van der Waals surface area contributed by atoms with E-state index in [2.05, 4.69) is 0 Å². The molecular formula is C11H13N3O5S. The molecule has 8 nitrogen and oxygen atoms in total. The summed E-state index contributed by atoms with van der Waals surface area (Å²) in [6.45, 7) is -0.0890. The van der Waals surface area contributed by atoms with Crippen molar-refractivity contribution in [2.45, 2.75) is 11.7 Å². The van der Waals surface area contributed by atoms with Crippen molar-refractivity contribution in [3.63, 3.8) is 0 Å². The Balaban J connectivity index is 2.33. The number of carbonyl (C=O) groups is 2. The molecule has 0 aromatic heterocycles. The monoisotopic (exact) mass is 299 g/mol. The lowest BCUT2D eigenvalue weighted by Gasteiger charge is -2.18. The highest BCUT2D eigenvalue weighted by Gasteiger charge is 2.37. The minimum absolute atomic E-state index is 0.0131. The molecule has 9 heteroatoms. The Bertz CT molecular complexity index is 685. The summed E-state index contributed by atoms with van der Waals surface area (Å²) in [7, 11) is -3.81. The van der Waals surface area contributed by atoms with E-state index in [9.17, 15) is 18.0 Å². The molecule has 0 spiro atoms. The Morgan fingerprint density at radius 1 is 1.40 bits per heavy atom. The molecule has 1 saturated heterocycles. The molecule has 1 aromatic rings. The average molecular weight is 299 g/mol. The number of hydrogen-bond donors (Lipinski definition) is 3. The second-order valence-electron chi connectivity index (χ2n) is 4.50. The first-order valence-electron chi connectivity index (χ1n) is 5.65. The van der Waals surface area contributed by atoms with Crippen molar-refractivity contribution >= 4 is 33.3 Å². The van der Waals surface area contributed by atoms with Gasteiger partial charge < -0.3 is 15.7 Å². The summed E-state index contributed by atoms with van der Waals surface area (Å²) in [5.41, 5.74) is 6.08. The van der Waals surface area contributed by atoms with Gasteiger partial charge in [0.05, 0.1) is 16.9 Å². The SMILES string of the molecule is Nc1cc(C(=O)O)ccc1N1CC(S(N)(=O)=O)CC1=O. The first kappa shape index (κ1) is 14.3. The van der Waals surface area contributed by atoms with Crippen LogP contribution < -0.4 is 15.8 Å². The van der Waals surface area contributed by atoms with Crippen LogP contribution in [0, 0.1) is 0 Å². The molecule has 1 atom stereocenters. The van der Waals surface area contributed by atoms with Gasteiger partial charge in [-0.25, -0.2) is 18.4 Å². The van der Waals surface area contributed by atoms with Crippen molar-refractivity contribution in [3.8, 4) is 0 Å². The number of carboxylic acid groups (broad SMARTS) is 1. The number of nitrogens with zero attached hydrogens (tertiary/aromatic N) is 1. The molecule has 1 aliphatic heterocycles. The number of amides is 1. The number of aromatic carboxylic acids is 1. The molecule has 0 bridgehead atoms. The number of rotatable bonds is 3. The standard InChI is InChI=1S/C11H13N3O5S/c12-8-3-6(11(16)17)1-2-9(8)14-5-7(4-10(14)15)20(13,18)19/h1-3,7H,4-5,12H2,(H,16,17)(H2,13,18,19). The Kier molecular flexibility index (Phi) is 3.40. The van der Waals surface area contributed by atoms with Crippen LogP contribution in [0.4, 0.5) is 11.4 Å². The van der Waals surface area contributed by atoms with Gasteiger partial charge in [-0.05, 0) is 18.2 Å². The van der Waals surface area contributed by atoms with Crippen molar-refractivity contribution in [3.05, 3.63) is 23.8 Å². The molecule has 1 amide bonds. The maximum atomic E-state index is 11.8. The van der Waals surface area contributed by atoms with Gasteiger partial charge in [0.25, 0.3) is 0 Å². The van der Waals surface area contributed by atoms with Gasteiger partial charge in [-0.2, -0.15) is 0 Å². The molecule has 1 aliphatic rings. The third kappa shape index (κ3) is 2.58. The Morgan fingerprint density at radius 3 is 2.50 bits per heavy atom. The van der Waals surface area contributed by atoms with Crippen LogP contribution in [0.3, 0.4) is 0 Å². The summed E-state index contributed by atoms with van der Waals surface area (Å²) in [5, 5.41) is 12.9. The number of sulfonamides is 1. The highest BCUT2D eigenvalue weighted by atomic mass is 32.2. The highest BCUT2D eigenvalue weighted by Crippen LogP contribution is 2.29. The van der Waals surface area contributed by atoms with Crippen LogP contribution in [0.15, 0.2) is 18.2 Å². The minimum atomic E-state index is -3.81. The number of anilines is 2. The first-order chi connectivity index (χ1) is 9.20. The molecule has 108 valence electrons. The molecule has 2 rings (SSSR count). The van der Waals surface area contributed by atoms with E-state index in [-0.39, 0.29) is 29.9 Å². The third-order valence-corrected chi connectivity index (χ3v) is 4.36. The summed E-state index contributed by atoms with van der Waals surface area (Å²) in [6.07, 6.45) is -0.209. The first-order valence-corrected chi connectivity index (χ1v) is 7.26. The predicted octanol–water partition coefficient (Wildman–Crippen LogP) is -0.639. The van der Waals surface area contributed by atoms with E-state index >= 15 is 0 Å². The number of hydrogen-bond acceptors (Lipinski definition) is 5. The molecule has 1 heterocycles. The summed E-state index contributed by atoms with van der Waals surface area (Å²) in [6, 6.07) is 3.89. The number of nitrogens with two attached hydrogens (primary N) is 2. The zero-order valence-corrected chi connectivity index (χ0v) is 11.1. The van der Waals surface area contributed by atoms with E-state index in [4.69, 9.17) is 16.0 Å². The molecule has 20 heavy (non-hydrogen) atoms. The van der Waals surface area contributed by atoms with Gasteiger partial charge in [-0.1, -0.05) is 0 Å². The lowest BCUT2D eigenvalue weighted by molar-refractivity contribution is -0.117. The Hall–Kier alpha value is -2.13. The van der Waals surface area contributed by atoms with E-state index < -0.39 is 27.1 Å². The maximum Gasteiger partial charge on any atom is 0.335 e. The van der Waals surface area contributed by atoms with Gasteiger partial charge in [0.15, 0.2) is 0 Å². The molecule has 0 radical (unpaired) electrons. The quantitative estimate of drug-likeness (QED) is 0.633. The van der Waals surface area contributed by atoms with Crippen molar-refractivity contribution in [2.75, 3.05) is 17.2 Å². The summed E-state index contributed by atoms with van der Waals surface area (Å²) in [4.78, 5) is 23.8. The van der Waals surface area contributed by atoms with E-state index in [1.165, 1.54) is 23.1 Å². The Morgan fingerprint density at radius 2 is 2.05 bits per heavy atom. The number of benzene rings is 1. The fraction of sp³-hybridized carbons (Fsp3) is 0.273. The number of carbonyl (C=O) groups excluding carboxylic acids is 1. The van der Waals surface area contributed by atoms with Crippen molar-refractivity contribution in [2.24, 2.45) is 5.14 Å². The summed E-state index contributed by atoms with van der Waals surface area (Å²) < 4.78 is 22.5. The second kappa shape index (κ2) is 4.76. The van der Waals surface area contributed by atoms with E-state index in [0.29, 0.717) is 0 Å². The molecule has 1 aromatic carbocycles. The zero-order chi connectivity index (χ0) is 15.1. The van der Waals surface area contributed by atoms with E-state index in [1.807, 2.05) is 0 Å². The van der Waals surface area contributed by atoms with Gasteiger partial charge in [0.2, 0.25) is 15.9 Å². The van der Waals surface area contributed by atoms with Crippen LogP contribution in [0.5, 0.6) is 0 Å². The van der Waals surface area contributed by atoms with Crippen molar-refractivity contribution in [1.82, 2.24) is 0 Å². The number of primary sulfonamides is 1. The molecule has 1 unspecified atom stereocenters. The van der Waals surface area contributed by atoms with Crippen LogP contribution in [0.25, 0.3) is 0 Å². The van der Waals surface area contributed by atoms with Crippen LogP contribution in [-0.2, 0) is 14.8 Å². The van der Waals surface area contributed by atoms with Crippen LogP contribution in [0.1, 0.15) is 16.8 Å². The van der Waals surface area contributed by atoms with Gasteiger partial charge in [0, 0.05) is 13.0 Å². The maximum absolute atomic E-state index is 11.8. The lowest BCUT2D eigenvalue weighted by atomic mass is 10.1. The summed E-state index contributed by atoms with van der Waals surface area (Å²) >= 11 is 0. The topological polar surface area (TPSA) is 144 Å². The highest BCUT2D eigenvalue weighted by molar-refractivity contribution is 7.89. The van der Waals surface area contributed by atoms with Gasteiger partial charge in [-0.15, -0.1) is 0 Å².